The molecule has 0 aliphatic heterocycles. The molecule has 0 saturated carbocycles. The van der Waals surface area contributed by atoms with Gasteiger partial charge in [-0.15, -0.1) is 0 Å². The van der Waals surface area contributed by atoms with Gasteiger partial charge in [0.05, 0.1) is 6.26 Å². The molecule has 0 fully saturated rings. The topological polar surface area (TPSA) is 66.8 Å². The summed E-state index contributed by atoms with van der Waals surface area (Å²) in [5.74, 6) is -0.0497. The summed E-state index contributed by atoms with van der Waals surface area (Å²) >= 11 is 0. The maximum atomic E-state index is 11.7. The van der Waals surface area contributed by atoms with Gasteiger partial charge in [0, 0.05) is 18.7 Å². The Morgan fingerprint density at radius 3 is 2.44 bits per heavy atom. The molecule has 0 spiro atoms. The summed E-state index contributed by atoms with van der Waals surface area (Å²) in [5, 5.41) is 0. The van der Waals surface area contributed by atoms with Gasteiger partial charge in [-0.05, 0) is 26.8 Å². The SMILES string of the molecule is CCN(CC)C(=O)/C(C)=C\C=C\O[PH](=O)O. The molecule has 0 saturated heterocycles. The van der Waals surface area contributed by atoms with Gasteiger partial charge in [0.15, 0.2) is 0 Å². The molecule has 0 aromatic heterocycles. The van der Waals surface area contributed by atoms with Crippen molar-refractivity contribution in [2.75, 3.05) is 13.1 Å². The molecule has 0 radical (unpaired) electrons. The zero-order chi connectivity index (χ0) is 12.6. The number of likely N-dealkylation sites (N-methyl/N-ethyl adjacent to an activating group) is 1. The number of amides is 1. The minimum atomic E-state index is -2.94. The molecule has 5 nitrogen and oxygen atoms in total. The molecule has 1 N–H and O–H groups in total. The summed E-state index contributed by atoms with van der Waals surface area (Å²) < 4.78 is 14.5. The zero-order valence-electron chi connectivity index (χ0n) is 9.77. The lowest BCUT2D eigenvalue weighted by atomic mass is 10.2. The first-order valence-corrected chi connectivity index (χ1v) is 6.31. The third kappa shape index (κ3) is 5.73. The number of rotatable bonds is 6. The van der Waals surface area contributed by atoms with Gasteiger partial charge in [-0.25, -0.2) is 4.57 Å². The second kappa shape index (κ2) is 8.13. The zero-order valence-corrected chi connectivity index (χ0v) is 10.8. The Morgan fingerprint density at radius 1 is 1.44 bits per heavy atom. The molecule has 0 bridgehead atoms. The Labute approximate surface area is 96.4 Å². The van der Waals surface area contributed by atoms with Crippen molar-refractivity contribution in [3.63, 3.8) is 0 Å². The van der Waals surface area contributed by atoms with E-state index in [9.17, 15) is 9.36 Å². The van der Waals surface area contributed by atoms with Crippen LogP contribution in [0, 0.1) is 0 Å². The first kappa shape index (κ1) is 14.9. The van der Waals surface area contributed by atoms with Crippen LogP contribution in [0.15, 0.2) is 24.0 Å². The molecule has 0 aliphatic carbocycles. The number of nitrogens with zero attached hydrogens (tertiary/aromatic N) is 1. The molecule has 16 heavy (non-hydrogen) atoms. The molecule has 1 atom stereocenters. The van der Waals surface area contributed by atoms with Crippen molar-refractivity contribution in [3.8, 4) is 0 Å². The van der Waals surface area contributed by atoms with Gasteiger partial charge >= 0.3 is 8.25 Å². The fourth-order valence-electron chi connectivity index (χ4n) is 1.11. The highest BCUT2D eigenvalue weighted by Gasteiger charge is 2.09. The van der Waals surface area contributed by atoms with E-state index < -0.39 is 8.25 Å². The molecule has 1 amide bonds. The van der Waals surface area contributed by atoms with Gasteiger partial charge < -0.3 is 14.3 Å². The summed E-state index contributed by atoms with van der Waals surface area (Å²) in [6.45, 7) is 6.82. The van der Waals surface area contributed by atoms with Crippen LogP contribution in [0.2, 0.25) is 0 Å². The third-order valence-corrected chi connectivity index (χ3v) is 2.32. The van der Waals surface area contributed by atoms with Gasteiger partial charge in [-0.3, -0.25) is 4.79 Å². The largest absolute Gasteiger partial charge is 0.434 e. The van der Waals surface area contributed by atoms with Crippen LogP contribution in [-0.4, -0.2) is 28.8 Å². The van der Waals surface area contributed by atoms with Gasteiger partial charge in [0.2, 0.25) is 5.91 Å². The number of hydrogen-bond donors (Lipinski definition) is 1. The number of carbonyl (C=O) groups is 1. The quantitative estimate of drug-likeness (QED) is 0.336. The lowest BCUT2D eigenvalue weighted by Gasteiger charge is -2.18. The predicted octanol–water partition coefficient (Wildman–Crippen LogP) is 1.71. The summed E-state index contributed by atoms with van der Waals surface area (Å²) in [6, 6.07) is 0. The van der Waals surface area contributed by atoms with Crippen molar-refractivity contribution in [2.24, 2.45) is 0 Å². The molecular formula is C10H18NO4P. The lowest BCUT2D eigenvalue weighted by Crippen LogP contribution is -2.30. The van der Waals surface area contributed by atoms with E-state index >= 15 is 0 Å². The minimum Gasteiger partial charge on any atom is -0.434 e. The molecule has 0 aromatic rings. The maximum Gasteiger partial charge on any atom is 0.364 e. The van der Waals surface area contributed by atoms with Gasteiger partial charge in [0.1, 0.15) is 0 Å². The van der Waals surface area contributed by atoms with E-state index in [1.165, 1.54) is 6.08 Å². The van der Waals surface area contributed by atoms with E-state index in [2.05, 4.69) is 4.52 Å². The van der Waals surface area contributed by atoms with E-state index in [-0.39, 0.29) is 5.91 Å². The highest BCUT2D eigenvalue weighted by Crippen LogP contribution is 2.14. The third-order valence-electron chi connectivity index (χ3n) is 1.98. The number of hydrogen-bond acceptors (Lipinski definition) is 3. The minimum absolute atomic E-state index is 0.0497. The fourth-order valence-corrected chi connectivity index (χ4v) is 1.31. The Morgan fingerprint density at radius 2 is 2.00 bits per heavy atom. The molecule has 0 aliphatic rings. The van der Waals surface area contributed by atoms with E-state index in [4.69, 9.17) is 4.89 Å². The summed E-state index contributed by atoms with van der Waals surface area (Å²) in [4.78, 5) is 21.8. The average Bonchev–Trinajstić information content (AvgIpc) is 2.25. The van der Waals surface area contributed by atoms with Crippen LogP contribution in [0.4, 0.5) is 0 Å². The van der Waals surface area contributed by atoms with E-state index in [0.717, 1.165) is 6.26 Å². The van der Waals surface area contributed by atoms with E-state index in [1.807, 2.05) is 13.8 Å². The van der Waals surface area contributed by atoms with Crippen LogP contribution in [0.3, 0.4) is 0 Å². The Bertz CT molecular complexity index is 308. The van der Waals surface area contributed by atoms with Gasteiger partial charge in [-0.1, -0.05) is 6.08 Å². The van der Waals surface area contributed by atoms with Crippen LogP contribution in [0.5, 0.6) is 0 Å². The van der Waals surface area contributed by atoms with Crippen LogP contribution >= 0.6 is 8.25 Å². The van der Waals surface area contributed by atoms with Crippen LogP contribution in [-0.2, 0) is 13.9 Å². The lowest BCUT2D eigenvalue weighted by molar-refractivity contribution is -0.126. The molecule has 0 rings (SSSR count). The maximum absolute atomic E-state index is 11.7. The van der Waals surface area contributed by atoms with Crippen LogP contribution in [0.1, 0.15) is 20.8 Å². The summed E-state index contributed by atoms with van der Waals surface area (Å²) in [5.41, 5.74) is 0.557. The molecule has 0 aromatic carbocycles. The molecule has 1 unspecified atom stereocenters. The smallest absolute Gasteiger partial charge is 0.364 e. The predicted molar refractivity (Wildman–Crippen MR) is 63.1 cm³/mol. The summed E-state index contributed by atoms with van der Waals surface area (Å²) in [7, 11) is -2.94. The number of carbonyl (C=O) groups excluding carboxylic acids is 1. The standard InChI is InChI=1S/C10H18NO4P/c1-4-11(5-2)10(12)9(3)7-6-8-15-16(13)14/h6-8,16H,4-5H2,1-3H3,(H,13,14)/b8-6+,9-7-. The second-order valence-electron chi connectivity index (χ2n) is 3.04. The normalized spacial score (nSPS) is 13.9. The average molecular weight is 247 g/mol. The number of allylic oxidation sites excluding steroid dienone is 2. The highest BCUT2D eigenvalue weighted by atomic mass is 31.1. The first-order valence-electron chi connectivity index (χ1n) is 5.05. The Balaban J connectivity index is 4.36. The van der Waals surface area contributed by atoms with Crippen molar-refractivity contribution >= 4 is 14.2 Å². The van der Waals surface area contributed by atoms with E-state index in [0.29, 0.717) is 18.7 Å². The first-order chi connectivity index (χ1) is 7.52. The van der Waals surface area contributed by atoms with Crippen molar-refractivity contribution < 1.29 is 18.8 Å². The molecule has 6 heteroatoms. The van der Waals surface area contributed by atoms with Gasteiger partial charge in [-0.2, -0.15) is 0 Å². The van der Waals surface area contributed by atoms with Gasteiger partial charge in [0.25, 0.3) is 0 Å². The highest BCUT2D eigenvalue weighted by molar-refractivity contribution is 7.32. The second-order valence-corrected chi connectivity index (χ2v) is 3.81. The molecular weight excluding hydrogens is 229 g/mol. The van der Waals surface area contributed by atoms with Crippen molar-refractivity contribution in [2.45, 2.75) is 20.8 Å². The van der Waals surface area contributed by atoms with Crippen molar-refractivity contribution in [1.29, 1.82) is 0 Å². The fraction of sp³-hybridized carbons (Fsp3) is 0.500. The van der Waals surface area contributed by atoms with Crippen molar-refractivity contribution in [3.05, 3.63) is 24.0 Å². The van der Waals surface area contributed by atoms with E-state index in [1.54, 1.807) is 17.9 Å². The van der Waals surface area contributed by atoms with Crippen molar-refractivity contribution in [1.82, 2.24) is 4.90 Å². The Hall–Kier alpha value is -1.06. The molecule has 0 heterocycles. The van der Waals surface area contributed by atoms with Crippen LogP contribution in [0.25, 0.3) is 0 Å². The molecule has 92 valence electrons. The van der Waals surface area contributed by atoms with Crippen LogP contribution < -0.4 is 0 Å². The Kier molecular flexibility index (Phi) is 7.60. The summed E-state index contributed by atoms with van der Waals surface area (Å²) in [6.07, 6.45) is 4.07. The monoisotopic (exact) mass is 247 g/mol.